The van der Waals surface area contributed by atoms with E-state index in [0.717, 1.165) is 28.2 Å². The zero-order valence-corrected chi connectivity index (χ0v) is 16.7. The molecule has 0 aliphatic heterocycles. The van der Waals surface area contributed by atoms with Gasteiger partial charge in [0, 0.05) is 26.6 Å². The van der Waals surface area contributed by atoms with Gasteiger partial charge in [0.15, 0.2) is 5.65 Å². The zero-order chi connectivity index (χ0) is 20.5. The predicted octanol–water partition coefficient (Wildman–Crippen LogP) is 1.64. The van der Waals surface area contributed by atoms with Crippen LogP contribution in [0.15, 0.2) is 36.8 Å². The van der Waals surface area contributed by atoms with Crippen molar-refractivity contribution in [1.82, 2.24) is 25.1 Å². The molecular formula is C20H26N6O3. The Balaban J connectivity index is 1.47. The first kappa shape index (κ1) is 20.5. The van der Waals surface area contributed by atoms with E-state index in [1.807, 2.05) is 24.3 Å². The molecule has 0 unspecified atom stereocenters. The third kappa shape index (κ3) is 5.64. The Morgan fingerprint density at radius 3 is 2.72 bits per heavy atom. The van der Waals surface area contributed by atoms with Crippen LogP contribution in [0.5, 0.6) is 5.75 Å². The van der Waals surface area contributed by atoms with E-state index < -0.39 is 0 Å². The van der Waals surface area contributed by atoms with Crippen molar-refractivity contribution in [3.8, 4) is 5.75 Å². The monoisotopic (exact) mass is 398 g/mol. The number of carbonyl (C=O) groups is 1. The van der Waals surface area contributed by atoms with Crippen molar-refractivity contribution in [3.63, 3.8) is 0 Å². The highest BCUT2D eigenvalue weighted by molar-refractivity contribution is 5.86. The SMILES string of the molecule is COCCNc1ncnc2c1cnn2CCNC(=O)CCc1ccc(OC)cc1. The summed E-state index contributed by atoms with van der Waals surface area (Å²) in [5.41, 5.74) is 1.83. The summed E-state index contributed by atoms with van der Waals surface area (Å²) in [7, 11) is 3.29. The molecule has 2 N–H and O–H groups in total. The molecular weight excluding hydrogens is 372 g/mol. The summed E-state index contributed by atoms with van der Waals surface area (Å²) in [5, 5.41) is 11.4. The lowest BCUT2D eigenvalue weighted by Crippen LogP contribution is -2.27. The molecule has 0 radical (unpaired) electrons. The Hall–Kier alpha value is -3.20. The number of hydrogen-bond acceptors (Lipinski definition) is 7. The fraction of sp³-hybridized carbons (Fsp3) is 0.400. The molecule has 0 saturated carbocycles. The van der Waals surface area contributed by atoms with Gasteiger partial charge in [0.2, 0.25) is 5.91 Å². The van der Waals surface area contributed by atoms with Crippen molar-refractivity contribution < 1.29 is 14.3 Å². The summed E-state index contributed by atoms with van der Waals surface area (Å²) >= 11 is 0. The van der Waals surface area contributed by atoms with Crippen LogP contribution in [0.4, 0.5) is 5.82 Å². The third-order valence-corrected chi connectivity index (χ3v) is 4.48. The van der Waals surface area contributed by atoms with Crippen molar-refractivity contribution in [3.05, 3.63) is 42.4 Å². The summed E-state index contributed by atoms with van der Waals surface area (Å²) in [5.74, 6) is 1.54. The fourth-order valence-corrected chi connectivity index (χ4v) is 2.91. The molecule has 2 heterocycles. The number of fused-ring (bicyclic) bond motifs is 1. The van der Waals surface area contributed by atoms with E-state index in [-0.39, 0.29) is 5.91 Å². The van der Waals surface area contributed by atoms with Gasteiger partial charge in [-0.05, 0) is 24.1 Å². The molecule has 3 rings (SSSR count). The number of anilines is 1. The van der Waals surface area contributed by atoms with Crippen LogP contribution in [0.3, 0.4) is 0 Å². The van der Waals surface area contributed by atoms with Crippen LogP contribution in [0.1, 0.15) is 12.0 Å². The molecule has 9 nitrogen and oxygen atoms in total. The summed E-state index contributed by atoms with van der Waals surface area (Å²) < 4.78 is 11.9. The molecule has 29 heavy (non-hydrogen) atoms. The average molecular weight is 398 g/mol. The molecule has 9 heteroatoms. The number of aryl methyl sites for hydroxylation is 1. The van der Waals surface area contributed by atoms with Gasteiger partial charge in [-0.25, -0.2) is 14.6 Å². The first-order chi connectivity index (χ1) is 14.2. The van der Waals surface area contributed by atoms with Crippen molar-refractivity contribution in [1.29, 1.82) is 0 Å². The Bertz CT molecular complexity index is 926. The second-order valence-corrected chi connectivity index (χ2v) is 6.44. The van der Waals surface area contributed by atoms with Crippen molar-refractivity contribution >= 4 is 22.8 Å². The number of aromatic nitrogens is 4. The second-order valence-electron chi connectivity index (χ2n) is 6.44. The van der Waals surface area contributed by atoms with Crippen LogP contribution in [-0.2, 0) is 22.5 Å². The van der Waals surface area contributed by atoms with Gasteiger partial charge in [-0.2, -0.15) is 5.10 Å². The number of nitrogens with one attached hydrogen (secondary N) is 2. The van der Waals surface area contributed by atoms with E-state index in [1.165, 1.54) is 6.33 Å². The molecule has 0 fully saturated rings. The molecule has 0 aliphatic rings. The highest BCUT2D eigenvalue weighted by Gasteiger charge is 2.10. The minimum atomic E-state index is 0.00817. The smallest absolute Gasteiger partial charge is 0.220 e. The molecule has 3 aromatic rings. The number of carbonyl (C=O) groups excluding carboxylic acids is 1. The van der Waals surface area contributed by atoms with Crippen molar-refractivity contribution in [2.24, 2.45) is 0 Å². The van der Waals surface area contributed by atoms with E-state index in [2.05, 4.69) is 25.7 Å². The number of nitrogens with zero attached hydrogens (tertiary/aromatic N) is 4. The summed E-state index contributed by atoms with van der Waals surface area (Å²) in [4.78, 5) is 20.7. The van der Waals surface area contributed by atoms with E-state index >= 15 is 0 Å². The summed E-state index contributed by atoms with van der Waals surface area (Å²) in [6.45, 7) is 2.25. The largest absolute Gasteiger partial charge is 0.497 e. The van der Waals surface area contributed by atoms with E-state index in [4.69, 9.17) is 9.47 Å². The third-order valence-electron chi connectivity index (χ3n) is 4.48. The van der Waals surface area contributed by atoms with Gasteiger partial charge in [0.05, 0.1) is 31.8 Å². The van der Waals surface area contributed by atoms with E-state index in [0.29, 0.717) is 39.1 Å². The Morgan fingerprint density at radius 2 is 1.97 bits per heavy atom. The number of hydrogen-bond donors (Lipinski definition) is 2. The first-order valence-electron chi connectivity index (χ1n) is 9.50. The molecule has 0 aliphatic carbocycles. The number of rotatable bonds is 11. The van der Waals surface area contributed by atoms with Gasteiger partial charge in [0.25, 0.3) is 0 Å². The molecule has 0 spiro atoms. The van der Waals surface area contributed by atoms with Gasteiger partial charge in [-0.1, -0.05) is 12.1 Å². The average Bonchev–Trinajstić information content (AvgIpc) is 3.17. The van der Waals surface area contributed by atoms with Crippen molar-refractivity contribution in [2.45, 2.75) is 19.4 Å². The molecule has 2 aromatic heterocycles. The van der Waals surface area contributed by atoms with E-state index in [9.17, 15) is 4.79 Å². The van der Waals surface area contributed by atoms with Crippen molar-refractivity contribution in [2.75, 3.05) is 39.2 Å². The first-order valence-corrected chi connectivity index (χ1v) is 9.50. The minimum absolute atomic E-state index is 0.00817. The molecule has 0 saturated heterocycles. The lowest BCUT2D eigenvalue weighted by Gasteiger charge is -2.08. The predicted molar refractivity (Wildman–Crippen MR) is 110 cm³/mol. The minimum Gasteiger partial charge on any atom is -0.497 e. The fourth-order valence-electron chi connectivity index (χ4n) is 2.91. The normalized spacial score (nSPS) is 10.8. The molecule has 0 atom stereocenters. The lowest BCUT2D eigenvalue weighted by atomic mass is 10.1. The maximum absolute atomic E-state index is 12.1. The highest BCUT2D eigenvalue weighted by atomic mass is 16.5. The van der Waals surface area contributed by atoms with Gasteiger partial charge in [-0.15, -0.1) is 0 Å². The summed E-state index contributed by atoms with van der Waals surface area (Å²) in [6, 6.07) is 7.74. The Kier molecular flexibility index (Phi) is 7.34. The molecule has 0 bridgehead atoms. The maximum atomic E-state index is 12.1. The molecule has 154 valence electrons. The zero-order valence-electron chi connectivity index (χ0n) is 16.7. The van der Waals surface area contributed by atoms with Crippen LogP contribution >= 0.6 is 0 Å². The lowest BCUT2D eigenvalue weighted by molar-refractivity contribution is -0.121. The summed E-state index contributed by atoms with van der Waals surface area (Å²) in [6.07, 6.45) is 4.35. The maximum Gasteiger partial charge on any atom is 0.220 e. The van der Waals surface area contributed by atoms with E-state index in [1.54, 1.807) is 25.1 Å². The topological polar surface area (TPSA) is 103 Å². The molecule has 1 aromatic carbocycles. The standard InChI is InChI=1S/C20H26N6O3/c1-28-12-10-22-19-17-13-25-26(20(17)24-14-23-19)11-9-21-18(27)8-5-15-3-6-16(29-2)7-4-15/h3-4,6-7,13-14H,5,8-12H2,1-2H3,(H,21,27)(H,22,23,24). The van der Waals surface area contributed by atoms with Crippen LogP contribution in [0.25, 0.3) is 11.0 Å². The Morgan fingerprint density at radius 1 is 1.14 bits per heavy atom. The van der Waals surface area contributed by atoms with Gasteiger partial charge in [0.1, 0.15) is 17.9 Å². The quantitative estimate of drug-likeness (QED) is 0.473. The van der Waals surface area contributed by atoms with Crippen LogP contribution < -0.4 is 15.4 Å². The van der Waals surface area contributed by atoms with Crippen LogP contribution in [0, 0.1) is 0 Å². The Labute approximate surface area is 169 Å². The molecule has 1 amide bonds. The number of ether oxygens (including phenoxy) is 2. The number of methoxy groups -OCH3 is 2. The van der Waals surface area contributed by atoms with Gasteiger partial charge < -0.3 is 20.1 Å². The number of benzene rings is 1. The second kappa shape index (κ2) is 10.4. The van der Waals surface area contributed by atoms with Gasteiger partial charge in [-0.3, -0.25) is 4.79 Å². The van der Waals surface area contributed by atoms with Crippen LogP contribution in [-0.4, -0.2) is 59.6 Å². The van der Waals surface area contributed by atoms with Crippen LogP contribution in [0.2, 0.25) is 0 Å². The van der Waals surface area contributed by atoms with Gasteiger partial charge >= 0.3 is 0 Å². The highest BCUT2D eigenvalue weighted by Crippen LogP contribution is 2.18. The number of amides is 1.